The van der Waals surface area contributed by atoms with Gasteiger partial charge in [-0.25, -0.2) is 0 Å². The van der Waals surface area contributed by atoms with Gasteiger partial charge in [0.15, 0.2) is 0 Å². The molecule has 0 radical (unpaired) electrons. The molecule has 0 aliphatic carbocycles. The minimum atomic E-state index is -0.801. The van der Waals surface area contributed by atoms with Crippen molar-refractivity contribution in [1.82, 2.24) is 15.4 Å². The van der Waals surface area contributed by atoms with Gasteiger partial charge in [-0.15, -0.1) is 0 Å². The highest BCUT2D eigenvalue weighted by molar-refractivity contribution is 9.10. The van der Waals surface area contributed by atoms with Gasteiger partial charge in [-0.05, 0) is 28.1 Å². The lowest BCUT2D eigenvalue weighted by molar-refractivity contribution is -0.402. The number of rotatable bonds is 3. The van der Waals surface area contributed by atoms with E-state index in [1.807, 2.05) is 0 Å². The van der Waals surface area contributed by atoms with Crippen LogP contribution in [0.4, 0.5) is 5.88 Å². The Morgan fingerprint density at radius 3 is 2.52 bits per heavy atom. The number of furan rings is 1. The maximum atomic E-state index is 11.8. The van der Waals surface area contributed by atoms with Crippen LogP contribution in [0.2, 0.25) is 0 Å². The first-order chi connectivity index (χ1) is 9.88. The molecule has 0 unspecified atom stereocenters. The highest BCUT2D eigenvalue weighted by Gasteiger charge is 2.18. The smallest absolute Gasteiger partial charge is 0.395 e. The highest BCUT2D eigenvalue weighted by atomic mass is 79.9. The van der Waals surface area contributed by atoms with Gasteiger partial charge in [0.25, 0.3) is 5.91 Å². The van der Waals surface area contributed by atoms with Crippen molar-refractivity contribution in [3.63, 3.8) is 0 Å². The second-order valence-corrected chi connectivity index (χ2v) is 4.87. The molecule has 0 fully saturated rings. The number of carbonyl (C=O) groups excluding carboxylic acids is 2. The Labute approximate surface area is 126 Å². The van der Waals surface area contributed by atoms with Crippen molar-refractivity contribution in [2.75, 3.05) is 0 Å². The maximum Gasteiger partial charge on any atom is 0.433 e. The first-order valence-corrected chi connectivity index (χ1v) is 6.34. The number of aryl methyl sites for hydroxylation is 1. The summed E-state index contributed by atoms with van der Waals surface area (Å²) in [6.07, 6.45) is 1.67. The van der Waals surface area contributed by atoms with Crippen LogP contribution in [-0.4, -0.2) is 21.3 Å². The molecule has 0 atom stereocenters. The molecule has 9 nitrogen and oxygen atoms in total. The van der Waals surface area contributed by atoms with E-state index in [0.29, 0.717) is 10.2 Å². The Bertz CT molecular complexity index is 720. The zero-order valence-electron chi connectivity index (χ0n) is 10.6. The van der Waals surface area contributed by atoms with Gasteiger partial charge < -0.3 is 8.98 Å². The van der Waals surface area contributed by atoms with Gasteiger partial charge in [0.1, 0.15) is 10.6 Å². The van der Waals surface area contributed by atoms with Crippen molar-refractivity contribution in [3.05, 3.63) is 50.4 Å². The summed E-state index contributed by atoms with van der Waals surface area (Å²) in [5.41, 5.74) is 4.59. The number of amides is 2. The number of hydrogen-bond donors (Lipinski definition) is 2. The Hall–Kier alpha value is -2.62. The summed E-state index contributed by atoms with van der Waals surface area (Å²) in [6, 6.07) is 3.75. The first kappa shape index (κ1) is 14.8. The largest absolute Gasteiger partial charge is 0.433 e. The monoisotopic (exact) mass is 356 g/mol. The van der Waals surface area contributed by atoms with Crippen molar-refractivity contribution in [3.8, 4) is 0 Å². The third kappa shape index (κ3) is 3.28. The van der Waals surface area contributed by atoms with Crippen LogP contribution in [0.25, 0.3) is 0 Å². The molecule has 2 amide bonds. The van der Waals surface area contributed by atoms with Crippen LogP contribution in [0.5, 0.6) is 0 Å². The number of nitrogens with zero attached hydrogens (tertiary/aromatic N) is 2. The van der Waals surface area contributed by atoms with Gasteiger partial charge in [0, 0.05) is 17.7 Å². The van der Waals surface area contributed by atoms with Crippen LogP contribution in [0.3, 0.4) is 0 Å². The van der Waals surface area contributed by atoms with Gasteiger partial charge >= 0.3 is 11.8 Å². The fourth-order valence-electron chi connectivity index (χ4n) is 1.54. The molecule has 2 rings (SSSR count). The van der Waals surface area contributed by atoms with Gasteiger partial charge in [0.2, 0.25) is 5.76 Å². The quantitative estimate of drug-likeness (QED) is 0.635. The number of nitrogens with one attached hydrogen (secondary N) is 2. The number of hydrogen-bond acceptors (Lipinski definition) is 5. The van der Waals surface area contributed by atoms with Crippen LogP contribution in [0.1, 0.15) is 21.0 Å². The summed E-state index contributed by atoms with van der Waals surface area (Å²) >= 11 is 3.22. The number of nitro groups is 1. The van der Waals surface area contributed by atoms with Crippen LogP contribution in [-0.2, 0) is 7.05 Å². The average Bonchev–Trinajstić information content (AvgIpc) is 3.02. The van der Waals surface area contributed by atoms with E-state index < -0.39 is 22.6 Å². The standard InChI is InChI=1S/C11H9BrN4O5/c1-15-5-6(12)4-7(15)10(17)13-14-11(18)8-2-3-9(21-8)16(19)20/h2-5H,1H3,(H,13,17)(H,14,18). The summed E-state index contributed by atoms with van der Waals surface area (Å²) in [5.74, 6) is -2.18. The molecule has 0 aliphatic rings. The number of halogens is 1. The lowest BCUT2D eigenvalue weighted by Crippen LogP contribution is -2.42. The topological polar surface area (TPSA) is 119 Å². The molecule has 0 saturated carbocycles. The molecule has 2 aromatic heterocycles. The summed E-state index contributed by atoms with van der Waals surface area (Å²) in [6.45, 7) is 0. The first-order valence-electron chi connectivity index (χ1n) is 5.55. The van der Waals surface area contributed by atoms with Crippen LogP contribution < -0.4 is 10.9 Å². The predicted octanol–water partition coefficient (Wildman–Crippen LogP) is 1.36. The van der Waals surface area contributed by atoms with E-state index in [1.54, 1.807) is 23.9 Å². The van der Waals surface area contributed by atoms with Crippen LogP contribution in [0, 0.1) is 10.1 Å². The van der Waals surface area contributed by atoms with E-state index in [4.69, 9.17) is 4.42 Å². The normalized spacial score (nSPS) is 10.2. The molecule has 10 heteroatoms. The van der Waals surface area contributed by atoms with Crippen LogP contribution >= 0.6 is 15.9 Å². The average molecular weight is 357 g/mol. The fraction of sp³-hybridized carbons (Fsp3) is 0.0909. The molecule has 2 N–H and O–H groups in total. The second kappa shape index (κ2) is 5.79. The molecule has 2 heterocycles. The molecule has 0 aromatic carbocycles. The van der Waals surface area contributed by atoms with Gasteiger partial charge in [-0.3, -0.25) is 30.6 Å². The third-order valence-corrected chi connectivity index (χ3v) is 2.92. The van der Waals surface area contributed by atoms with Crippen molar-refractivity contribution in [2.24, 2.45) is 7.05 Å². The molecule has 2 aromatic rings. The Kier molecular flexibility index (Phi) is 4.08. The Morgan fingerprint density at radius 1 is 1.33 bits per heavy atom. The lowest BCUT2D eigenvalue weighted by Gasteiger charge is -2.06. The SMILES string of the molecule is Cn1cc(Br)cc1C(=O)NNC(=O)c1ccc([N+](=O)[O-])o1. The zero-order valence-corrected chi connectivity index (χ0v) is 12.2. The van der Waals surface area contributed by atoms with Crippen LogP contribution in [0.15, 0.2) is 33.3 Å². The minimum absolute atomic E-state index is 0.282. The summed E-state index contributed by atoms with van der Waals surface area (Å²) in [5, 5.41) is 10.4. The van der Waals surface area contributed by atoms with Crippen molar-refractivity contribution < 1.29 is 18.9 Å². The highest BCUT2D eigenvalue weighted by Crippen LogP contribution is 2.15. The molecule has 0 aliphatic heterocycles. The van der Waals surface area contributed by atoms with E-state index in [0.717, 1.165) is 12.1 Å². The number of carbonyl (C=O) groups is 2. The van der Waals surface area contributed by atoms with E-state index in [9.17, 15) is 19.7 Å². The molecular formula is C11H9BrN4O5. The Morgan fingerprint density at radius 2 is 2.00 bits per heavy atom. The lowest BCUT2D eigenvalue weighted by atomic mass is 10.4. The number of hydrazine groups is 1. The molecule has 21 heavy (non-hydrogen) atoms. The van der Waals surface area contributed by atoms with Crippen molar-refractivity contribution in [2.45, 2.75) is 0 Å². The third-order valence-electron chi connectivity index (χ3n) is 2.49. The summed E-state index contributed by atoms with van der Waals surface area (Å²) < 4.78 is 6.97. The zero-order chi connectivity index (χ0) is 15.6. The van der Waals surface area contributed by atoms with E-state index in [2.05, 4.69) is 26.8 Å². The molecule has 0 saturated heterocycles. The predicted molar refractivity (Wildman–Crippen MR) is 73.4 cm³/mol. The molecule has 0 bridgehead atoms. The van der Waals surface area contributed by atoms with E-state index in [-0.39, 0.29) is 5.76 Å². The summed E-state index contributed by atoms with van der Waals surface area (Å²) in [4.78, 5) is 33.1. The van der Waals surface area contributed by atoms with Gasteiger partial charge in [-0.1, -0.05) is 0 Å². The number of aromatic nitrogens is 1. The minimum Gasteiger partial charge on any atom is -0.395 e. The molecular weight excluding hydrogens is 348 g/mol. The second-order valence-electron chi connectivity index (χ2n) is 3.96. The van der Waals surface area contributed by atoms with E-state index >= 15 is 0 Å². The van der Waals surface area contributed by atoms with Crippen molar-refractivity contribution in [1.29, 1.82) is 0 Å². The maximum absolute atomic E-state index is 11.8. The van der Waals surface area contributed by atoms with E-state index in [1.165, 1.54) is 0 Å². The Balaban J connectivity index is 1.99. The summed E-state index contributed by atoms with van der Waals surface area (Å²) in [7, 11) is 1.66. The van der Waals surface area contributed by atoms with Gasteiger partial charge in [-0.2, -0.15) is 0 Å². The molecule has 110 valence electrons. The van der Waals surface area contributed by atoms with Crippen molar-refractivity contribution >= 4 is 33.6 Å². The fourth-order valence-corrected chi connectivity index (χ4v) is 2.06. The van der Waals surface area contributed by atoms with Gasteiger partial charge in [0.05, 0.1) is 6.07 Å². The molecule has 0 spiro atoms.